The van der Waals surface area contributed by atoms with Crippen molar-refractivity contribution in [1.29, 1.82) is 0 Å². The molecule has 0 unspecified atom stereocenters. The Labute approximate surface area is 84.1 Å². The molecule has 0 aliphatic carbocycles. The van der Waals surface area contributed by atoms with Crippen molar-refractivity contribution in [3.63, 3.8) is 0 Å². The summed E-state index contributed by atoms with van der Waals surface area (Å²) < 4.78 is 5.10. The summed E-state index contributed by atoms with van der Waals surface area (Å²) in [6.07, 6.45) is 1.81. The highest BCUT2D eigenvalue weighted by atomic mass is 16.6. The van der Waals surface area contributed by atoms with E-state index in [0.29, 0.717) is 19.4 Å². The van der Waals surface area contributed by atoms with Crippen LogP contribution in [0.4, 0.5) is 0 Å². The molecule has 0 rings (SSSR count). The van der Waals surface area contributed by atoms with E-state index in [1.54, 1.807) is 0 Å². The molecule has 0 aromatic rings. The first-order valence-corrected chi connectivity index (χ1v) is 4.68. The Bertz CT molecular complexity index is 227. The lowest BCUT2D eigenvalue weighted by Crippen LogP contribution is -2.23. The lowest BCUT2D eigenvalue weighted by atomic mass is 10.2. The minimum atomic E-state index is -0.415. The predicted octanol–water partition coefficient (Wildman–Crippen LogP) is 2.81. The molecular formula is C9H17N3O2. The van der Waals surface area contributed by atoms with Gasteiger partial charge in [0.2, 0.25) is 0 Å². The van der Waals surface area contributed by atoms with Gasteiger partial charge in [0, 0.05) is 17.9 Å². The number of unbranched alkanes of at least 4 members (excludes halogenated alkanes) is 1. The van der Waals surface area contributed by atoms with Crippen molar-refractivity contribution in [2.24, 2.45) is 5.11 Å². The molecule has 80 valence electrons. The number of esters is 1. The Morgan fingerprint density at radius 2 is 2.07 bits per heavy atom. The third kappa shape index (κ3) is 8.87. The molecule has 0 atom stereocenters. The van der Waals surface area contributed by atoms with Gasteiger partial charge in [-0.05, 0) is 39.1 Å². The number of carbonyl (C=O) groups excluding carboxylic acids is 1. The van der Waals surface area contributed by atoms with Crippen LogP contribution in [0.5, 0.6) is 0 Å². The maximum Gasteiger partial charge on any atom is 0.306 e. The molecule has 0 amide bonds. The Morgan fingerprint density at radius 3 is 2.57 bits per heavy atom. The van der Waals surface area contributed by atoms with Gasteiger partial charge in [-0.3, -0.25) is 4.79 Å². The zero-order valence-corrected chi connectivity index (χ0v) is 8.99. The second kappa shape index (κ2) is 6.27. The first kappa shape index (κ1) is 12.8. The molecule has 0 aromatic carbocycles. The van der Waals surface area contributed by atoms with E-state index in [-0.39, 0.29) is 5.97 Å². The van der Waals surface area contributed by atoms with E-state index in [4.69, 9.17) is 10.3 Å². The summed E-state index contributed by atoms with van der Waals surface area (Å²) in [5, 5.41) is 3.37. The molecule has 0 saturated heterocycles. The van der Waals surface area contributed by atoms with E-state index in [1.165, 1.54) is 0 Å². The zero-order chi connectivity index (χ0) is 11.0. The van der Waals surface area contributed by atoms with E-state index in [0.717, 1.165) is 6.42 Å². The fourth-order valence-electron chi connectivity index (χ4n) is 0.889. The molecule has 5 nitrogen and oxygen atoms in total. The maximum atomic E-state index is 11.2. The van der Waals surface area contributed by atoms with Crippen molar-refractivity contribution in [2.45, 2.75) is 45.6 Å². The van der Waals surface area contributed by atoms with Gasteiger partial charge in [0.15, 0.2) is 0 Å². The van der Waals surface area contributed by atoms with Crippen LogP contribution in [-0.2, 0) is 9.53 Å². The number of nitrogens with zero attached hydrogens (tertiary/aromatic N) is 3. The maximum absolute atomic E-state index is 11.2. The van der Waals surface area contributed by atoms with Gasteiger partial charge in [0.05, 0.1) is 0 Å². The van der Waals surface area contributed by atoms with Gasteiger partial charge < -0.3 is 4.74 Å². The summed E-state index contributed by atoms with van der Waals surface area (Å²) in [5.41, 5.74) is 7.58. The lowest BCUT2D eigenvalue weighted by Gasteiger charge is -2.19. The monoisotopic (exact) mass is 199 g/mol. The number of azide groups is 1. The van der Waals surface area contributed by atoms with Crippen molar-refractivity contribution < 1.29 is 9.53 Å². The minimum Gasteiger partial charge on any atom is -0.460 e. The van der Waals surface area contributed by atoms with E-state index < -0.39 is 5.60 Å². The topological polar surface area (TPSA) is 75.1 Å². The largest absolute Gasteiger partial charge is 0.460 e. The van der Waals surface area contributed by atoms with Gasteiger partial charge in [-0.15, -0.1) is 0 Å². The quantitative estimate of drug-likeness (QED) is 0.224. The Balaban J connectivity index is 3.50. The van der Waals surface area contributed by atoms with Crippen molar-refractivity contribution >= 4 is 5.97 Å². The Hall–Kier alpha value is -1.22. The molecule has 0 bridgehead atoms. The highest BCUT2D eigenvalue weighted by Crippen LogP contribution is 2.09. The van der Waals surface area contributed by atoms with Gasteiger partial charge in [-0.2, -0.15) is 0 Å². The van der Waals surface area contributed by atoms with Crippen LogP contribution < -0.4 is 0 Å². The van der Waals surface area contributed by atoms with Gasteiger partial charge in [-0.1, -0.05) is 5.11 Å². The van der Waals surface area contributed by atoms with Gasteiger partial charge in [0.1, 0.15) is 5.60 Å². The first-order valence-electron chi connectivity index (χ1n) is 4.68. The van der Waals surface area contributed by atoms with E-state index in [2.05, 4.69) is 10.0 Å². The number of ether oxygens (including phenoxy) is 1. The van der Waals surface area contributed by atoms with E-state index >= 15 is 0 Å². The van der Waals surface area contributed by atoms with E-state index in [9.17, 15) is 4.79 Å². The SMILES string of the molecule is CC(C)(C)OC(=O)CCCCN=[N+]=[N-]. The van der Waals surface area contributed by atoms with E-state index in [1.807, 2.05) is 20.8 Å². The molecule has 0 aromatic heterocycles. The number of hydrogen-bond donors (Lipinski definition) is 0. The molecular weight excluding hydrogens is 182 g/mol. The summed E-state index contributed by atoms with van der Waals surface area (Å²) in [6, 6.07) is 0. The third-order valence-electron chi connectivity index (χ3n) is 1.37. The molecule has 0 spiro atoms. The zero-order valence-electron chi connectivity index (χ0n) is 8.99. The second-order valence-electron chi connectivity index (χ2n) is 4.00. The van der Waals surface area contributed by atoms with Gasteiger partial charge in [-0.25, -0.2) is 0 Å². The molecule has 0 aliphatic heterocycles. The minimum absolute atomic E-state index is 0.196. The van der Waals surface area contributed by atoms with Crippen LogP contribution in [0.2, 0.25) is 0 Å². The average molecular weight is 199 g/mol. The van der Waals surface area contributed by atoms with Crippen LogP contribution in [0.1, 0.15) is 40.0 Å². The van der Waals surface area contributed by atoms with Crippen LogP contribution in [-0.4, -0.2) is 18.1 Å². The fourth-order valence-corrected chi connectivity index (χ4v) is 0.889. The molecule has 0 aliphatic rings. The predicted molar refractivity (Wildman–Crippen MR) is 53.7 cm³/mol. The van der Waals surface area contributed by atoms with Crippen LogP contribution in [0.3, 0.4) is 0 Å². The summed E-state index contributed by atoms with van der Waals surface area (Å²) >= 11 is 0. The second-order valence-corrected chi connectivity index (χ2v) is 4.00. The number of hydrogen-bond acceptors (Lipinski definition) is 3. The summed E-state index contributed by atoms with van der Waals surface area (Å²) in [7, 11) is 0. The highest BCUT2D eigenvalue weighted by Gasteiger charge is 2.15. The summed E-state index contributed by atoms with van der Waals surface area (Å²) in [6.45, 7) is 5.96. The Kier molecular flexibility index (Phi) is 5.72. The van der Waals surface area contributed by atoms with Crippen LogP contribution >= 0.6 is 0 Å². The van der Waals surface area contributed by atoms with Crippen molar-refractivity contribution in [1.82, 2.24) is 0 Å². The summed E-state index contributed by atoms with van der Waals surface area (Å²) in [4.78, 5) is 13.8. The molecule has 0 N–H and O–H groups in total. The standard InChI is InChI=1S/C9H17N3O2/c1-9(2,3)14-8(13)6-4-5-7-11-12-10/h4-7H2,1-3H3. The van der Waals surface area contributed by atoms with Crippen molar-refractivity contribution in [3.05, 3.63) is 10.4 Å². The molecule has 5 heteroatoms. The van der Waals surface area contributed by atoms with Gasteiger partial charge >= 0.3 is 5.97 Å². The van der Waals surface area contributed by atoms with Gasteiger partial charge in [0.25, 0.3) is 0 Å². The molecule has 0 radical (unpaired) electrons. The highest BCUT2D eigenvalue weighted by molar-refractivity contribution is 5.69. The third-order valence-corrected chi connectivity index (χ3v) is 1.37. The normalized spacial score (nSPS) is 10.5. The van der Waals surface area contributed by atoms with Crippen molar-refractivity contribution in [2.75, 3.05) is 6.54 Å². The smallest absolute Gasteiger partial charge is 0.306 e. The number of rotatable bonds is 5. The van der Waals surface area contributed by atoms with Crippen LogP contribution in [0, 0.1) is 0 Å². The fraction of sp³-hybridized carbons (Fsp3) is 0.889. The van der Waals surface area contributed by atoms with Crippen molar-refractivity contribution in [3.8, 4) is 0 Å². The van der Waals surface area contributed by atoms with Crippen LogP contribution in [0.15, 0.2) is 5.11 Å². The molecule has 0 fully saturated rings. The summed E-state index contributed by atoms with van der Waals surface area (Å²) in [5.74, 6) is -0.196. The van der Waals surface area contributed by atoms with Crippen LogP contribution in [0.25, 0.3) is 10.4 Å². The molecule has 0 heterocycles. The average Bonchev–Trinajstić information content (AvgIpc) is 2.00. The Morgan fingerprint density at radius 1 is 1.43 bits per heavy atom. The first-order chi connectivity index (χ1) is 6.45. The lowest BCUT2D eigenvalue weighted by molar-refractivity contribution is -0.154. The molecule has 14 heavy (non-hydrogen) atoms. The number of carbonyl (C=O) groups is 1. The molecule has 0 saturated carbocycles.